The molecule has 1 fully saturated rings. The van der Waals surface area contributed by atoms with Gasteiger partial charge in [-0.3, -0.25) is 0 Å². The smallest absolute Gasteiger partial charge is 0.0217 e. The quantitative estimate of drug-likeness (QED) is 0.720. The van der Waals surface area contributed by atoms with Gasteiger partial charge < -0.3 is 10.2 Å². The standard InChI is InChI=1S/C7H16N2.2ClH/c1-8-6-7-4-3-5-9(7)2;;/h7-8H,3-6H2,1-2H3;2*1H/t7-;;/m0../s1. The topological polar surface area (TPSA) is 15.3 Å². The van der Waals surface area contributed by atoms with Crippen LogP contribution in [0.15, 0.2) is 0 Å². The van der Waals surface area contributed by atoms with Crippen LogP contribution in [0.1, 0.15) is 12.8 Å². The molecular formula is C7H18Cl2N2. The Labute approximate surface area is 81.5 Å². The normalized spacial score (nSPS) is 24.0. The Morgan fingerprint density at radius 1 is 1.45 bits per heavy atom. The van der Waals surface area contributed by atoms with Crippen molar-refractivity contribution in [3.8, 4) is 0 Å². The molecule has 0 aromatic heterocycles. The summed E-state index contributed by atoms with van der Waals surface area (Å²) in [7, 11) is 4.22. The molecule has 1 aliphatic heterocycles. The molecule has 0 saturated carbocycles. The van der Waals surface area contributed by atoms with Gasteiger partial charge in [-0.25, -0.2) is 0 Å². The predicted octanol–water partition coefficient (Wildman–Crippen LogP) is 1.14. The van der Waals surface area contributed by atoms with Crippen molar-refractivity contribution in [3.05, 3.63) is 0 Å². The van der Waals surface area contributed by atoms with Gasteiger partial charge in [0.15, 0.2) is 0 Å². The third kappa shape index (κ3) is 4.16. The van der Waals surface area contributed by atoms with Gasteiger partial charge in [0, 0.05) is 12.6 Å². The molecule has 0 aliphatic carbocycles. The largest absolute Gasteiger partial charge is 0.318 e. The van der Waals surface area contributed by atoms with Gasteiger partial charge in [0.1, 0.15) is 0 Å². The van der Waals surface area contributed by atoms with E-state index in [-0.39, 0.29) is 24.8 Å². The van der Waals surface area contributed by atoms with Crippen LogP contribution < -0.4 is 5.32 Å². The van der Waals surface area contributed by atoms with E-state index in [4.69, 9.17) is 0 Å². The molecule has 0 bridgehead atoms. The predicted molar refractivity (Wildman–Crippen MR) is 54.1 cm³/mol. The zero-order chi connectivity index (χ0) is 6.69. The van der Waals surface area contributed by atoms with Gasteiger partial charge in [-0.1, -0.05) is 0 Å². The lowest BCUT2D eigenvalue weighted by Crippen LogP contribution is -2.33. The Balaban J connectivity index is 0. The highest BCUT2D eigenvalue weighted by Gasteiger charge is 2.18. The van der Waals surface area contributed by atoms with Gasteiger partial charge in [0.05, 0.1) is 0 Å². The molecule has 1 rings (SSSR count). The third-order valence-electron chi connectivity index (χ3n) is 2.11. The molecule has 1 heterocycles. The first-order valence-corrected chi connectivity index (χ1v) is 3.69. The zero-order valence-corrected chi connectivity index (χ0v) is 8.80. The van der Waals surface area contributed by atoms with Crippen molar-refractivity contribution in [2.45, 2.75) is 18.9 Å². The van der Waals surface area contributed by atoms with Crippen LogP contribution >= 0.6 is 24.8 Å². The summed E-state index contributed by atoms with van der Waals surface area (Å²) >= 11 is 0. The molecule has 0 unspecified atom stereocenters. The van der Waals surface area contributed by atoms with Crippen LogP contribution in [0.5, 0.6) is 0 Å². The van der Waals surface area contributed by atoms with Crippen molar-refractivity contribution in [2.24, 2.45) is 0 Å². The maximum atomic E-state index is 3.20. The van der Waals surface area contributed by atoms with Crippen LogP contribution in [-0.2, 0) is 0 Å². The van der Waals surface area contributed by atoms with Crippen molar-refractivity contribution in [2.75, 3.05) is 27.2 Å². The molecule has 1 aliphatic rings. The van der Waals surface area contributed by atoms with Crippen molar-refractivity contribution in [1.82, 2.24) is 10.2 Å². The monoisotopic (exact) mass is 200 g/mol. The van der Waals surface area contributed by atoms with Crippen LogP contribution in [0.4, 0.5) is 0 Å². The van der Waals surface area contributed by atoms with Crippen LogP contribution in [-0.4, -0.2) is 38.1 Å². The number of likely N-dealkylation sites (N-methyl/N-ethyl adjacent to an activating group) is 2. The number of nitrogens with zero attached hydrogens (tertiary/aromatic N) is 1. The van der Waals surface area contributed by atoms with Crippen molar-refractivity contribution in [3.63, 3.8) is 0 Å². The first-order valence-electron chi connectivity index (χ1n) is 3.69. The number of halogens is 2. The Morgan fingerprint density at radius 3 is 2.45 bits per heavy atom. The van der Waals surface area contributed by atoms with Gasteiger partial charge in [0.2, 0.25) is 0 Å². The van der Waals surface area contributed by atoms with E-state index in [1.165, 1.54) is 19.4 Å². The molecule has 0 aromatic carbocycles. The minimum atomic E-state index is 0. The minimum Gasteiger partial charge on any atom is -0.318 e. The van der Waals surface area contributed by atoms with Crippen LogP contribution in [0, 0.1) is 0 Å². The molecule has 70 valence electrons. The van der Waals surface area contributed by atoms with E-state index in [1.54, 1.807) is 0 Å². The second-order valence-corrected chi connectivity index (χ2v) is 2.83. The highest BCUT2D eigenvalue weighted by atomic mass is 35.5. The third-order valence-corrected chi connectivity index (χ3v) is 2.11. The number of hydrogen-bond donors (Lipinski definition) is 1. The second kappa shape index (κ2) is 7.17. The average Bonchev–Trinajstić information content (AvgIpc) is 2.18. The molecule has 4 heteroatoms. The van der Waals surface area contributed by atoms with Crippen LogP contribution in [0.2, 0.25) is 0 Å². The Bertz CT molecular complexity index is 90.5. The zero-order valence-electron chi connectivity index (χ0n) is 7.17. The summed E-state index contributed by atoms with van der Waals surface area (Å²) < 4.78 is 0. The Morgan fingerprint density at radius 2 is 2.09 bits per heavy atom. The lowest BCUT2D eigenvalue weighted by Gasteiger charge is -2.18. The highest BCUT2D eigenvalue weighted by molar-refractivity contribution is 5.85. The number of rotatable bonds is 2. The molecule has 0 spiro atoms. The van der Waals surface area contributed by atoms with Crippen molar-refractivity contribution in [1.29, 1.82) is 0 Å². The first-order chi connectivity index (χ1) is 4.34. The minimum absolute atomic E-state index is 0. The summed E-state index contributed by atoms with van der Waals surface area (Å²) in [6.07, 6.45) is 2.75. The maximum absolute atomic E-state index is 3.20. The summed E-state index contributed by atoms with van der Waals surface area (Å²) in [5.74, 6) is 0. The van der Waals surface area contributed by atoms with E-state index in [1.807, 2.05) is 7.05 Å². The maximum Gasteiger partial charge on any atom is 0.0217 e. The fraction of sp³-hybridized carbons (Fsp3) is 1.00. The van der Waals surface area contributed by atoms with E-state index >= 15 is 0 Å². The molecule has 0 radical (unpaired) electrons. The number of hydrogen-bond acceptors (Lipinski definition) is 2. The van der Waals surface area contributed by atoms with Crippen LogP contribution in [0.3, 0.4) is 0 Å². The summed E-state index contributed by atoms with van der Waals surface area (Å²) in [6, 6.07) is 0.801. The Kier molecular flexibility index (Phi) is 9.15. The second-order valence-electron chi connectivity index (χ2n) is 2.83. The van der Waals surface area contributed by atoms with E-state index in [2.05, 4.69) is 17.3 Å². The fourth-order valence-electron chi connectivity index (χ4n) is 1.47. The van der Waals surface area contributed by atoms with E-state index in [0.29, 0.717) is 0 Å². The highest BCUT2D eigenvalue weighted by Crippen LogP contribution is 2.12. The number of nitrogens with one attached hydrogen (secondary N) is 1. The molecule has 0 aromatic rings. The SMILES string of the molecule is CNC[C@@H]1CCCN1C.Cl.Cl. The van der Waals surface area contributed by atoms with E-state index < -0.39 is 0 Å². The van der Waals surface area contributed by atoms with Crippen molar-refractivity contribution < 1.29 is 0 Å². The van der Waals surface area contributed by atoms with E-state index in [0.717, 1.165) is 12.6 Å². The molecule has 1 atom stereocenters. The summed E-state index contributed by atoms with van der Waals surface area (Å²) in [6.45, 7) is 2.43. The van der Waals surface area contributed by atoms with Gasteiger partial charge in [-0.2, -0.15) is 0 Å². The van der Waals surface area contributed by atoms with Crippen LogP contribution in [0.25, 0.3) is 0 Å². The summed E-state index contributed by atoms with van der Waals surface area (Å²) in [4.78, 5) is 2.43. The molecule has 1 saturated heterocycles. The molecule has 0 amide bonds. The van der Waals surface area contributed by atoms with Gasteiger partial charge in [-0.05, 0) is 33.5 Å². The average molecular weight is 201 g/mol. The molecule has 2 nitrogen and oxygen atoms in total. The summed E-state index contributed by atoms with van der Waals surface area (Å²) in [5, 5.41) is 3.20. The molecular weight excluding hydrogens is 183 g/mol. The number of likely N-dealkylation sites (tertiary alicyclic amines) is 1. The first kappa shape index (κ1) is 14.0. The Hall–Kier alpha value is 0.500. The van der Waals surface area contributed by atoms with Gasteiger partial charge in [0.25, 0.3) is 0 Å². The van der Waals surface area contributed by atoms with Gasteiger partial charge >= 0.3 is 0 Å². The van der Waals surface area contributed by atoms with Crippen molar-refractivity contribution >= 4 is 24.8 Å². The van der Waals surface area contributed by atoms with Gasteiger partial charge in [-0.15, -0.1) is 24.8 Å². The molecule has 1 N–H and O–H groups in total. The molecule has 11 heavy (non-hydrogen) atoms. The lowest BCUT2D eigenvalue weighted by molar-refractivity contribution is 0.305. The fourth-order valence-corrected chi connectivity index (χ4v) is 1.47. The lowest BCUT2D eigenvalue weighted by atomic mass is 10.2. The van der Waals surface area contributed by atoms with E-state index in [9.17, 15) is 0 Å². The summed E-state index contributed by atoms with van der Waals surface area (Å²) in [5.41, 5.74) is 0.